The van der Waals surface area contributed by atoms with Crippen LogP contribution in [0.15, 0.2) is 65.1 Å². The van der Waals surface area contributed by atoms with E-state index in [1.165, 1.54) is 0 Å². The first-order chi connectivity index (χ1) is 11.7. The van der Waals surface area contributed by atoms with Crippen LogP contribution >= 0.6 is 0 Å². The van der Waals surface area contributed by atoms with Crippen LogP contribution in [-0.2, 0) is 6.61 Å². The predicted molar refractivity (Wildman–Crippen MR) is 91.0 cm³/mol. The average molecular weight is 323 g/mol. The summed E-state index contributed by atoms with van der Waals surface area (Å²) in [4.78, 5) is 12.3. The van der Waals surface area contributed by atoms with E-state index in [4.69, 9.17) is 14.3 Å². The molecule has 2 aromatic carbocycles. The Labute approximate surface area is 139 Å². The number of nitrogens with one attached hydrogen (secondary N) is 1. The van der Waals surface area contributed by atoms with Crippen molar-refractivity contribution in [3.63, 3.8) is 0 Å². The molecule has 1 heterocycles. The van der Waals surface area contributed by atoms with Gasteiger partial charge in [-0.2, -0.15) is 0 Å². The molecule has 2 N–H and O–H groups in total. The number of carbonyl (C=O) groups is 1. The highest BCUT2D eigenvalue weighted by Crippen LogP contribution is 2.33. The third-order valence-corrected chi connectivity index (χ3v) is 3.58. The topological polar surface area (TPSA) is 71.7 Å². The first-order valence-electron chi connectivity index (χ1n) is 7.45. The number of hydrogen-bond donors (Lipinski definition) is 2. The van der Waals surface area contributed by atoms with Crippen LogP contribution in [0.3, 0.4) is 0 Å². The van der Waals surface area contributed by atoms with Gasteiger partial charge in [-0.3, -0.25) is 4.79 Å². The fraction of sp³-hybridized carbons (Fsp3) is 0.105. The quantitative estimate of drug-likeness (QED) is 0.751. The number of benzene rings is 2. The highest BCUT2D eigenvalue weighted by molar-refractivity contribution is 6.04. The summed E-state index contributed by atoms with van der Waals surface area (Å²) in [5, 5.41) is 12.0. The van der Waals surface area contributed by atoms with Crippen LogP contribution in [0, 0.1) is 0 Å². The number of anilines is 1. The second-order valence-corrected chi connectivity index (χ2v) is 5.16. The van der Waals surface area contributed by atoms with Crippen molar-refractivity contribution in [2.24, 2.45) is 0 Å². The first kappa shape index (κ1) is 15.8. The Balaban J connectivity index is 1.90. The summed E-state index contributed by atoms with van der Waals surface area (Å²) in [6.45, 7) is -0.174. The lowest BCUT2D eigenvalue weighted by molar-refractivity contribution is 0.102. The zero-order chi connectivity index (χ0) is 16.9. The van der Waals surface area contributed by atoms with Crippen molar-refractivity contribution in [3.8, 4) is 17.1 Å². The molecule has 1 amide bonds. The molecular formula is C19H17NO4. The smallest absolute Gasteiger partial charge is 0.255 e. The molecule has 0 aliphatic heterocycles. The maximum atomic E-state index is 12.3. The van der Waals surface area contributed by atoms with E-state index >= 15 is 0 Å². The average Bonchev–Trinajstić information content (AvgIpc) is 3.11. The van der Waals surface area contributed by atoms with Crippen LogP contribution in [0.1, 0.15) is 16.1 Å². The SMILES string of the molecule is COc1ccc(NC(=O)c2ccccc2)cc1-c1ccc(CO)o1. The molecule has 3 rings (SSSR count). The second kappa shape index (κ2) is 7.02. The fourth-order valence-corrected chi connectivity index (χ4v) is 2.38. The van der Waals surface area contributed by atoms with Gasteiger partial charge in [-0.05, 0) is 42.5 Å². The molecule has 0 spiro atoms. The number of hydrogen-bond acceptors (Lipinski definition) is 4. The van der Waals surface area contributed by atoms with E-state index in [1.54, 1.807) is 49.6 Å². The van der Waals surface area contributed by atoms with Crippen LogP contribution in [0.5, 0.6) is 5.75 Å². The van der Waals surface area contributed by atoms with Gasteiger partial charge in [0.25, 0.3) is 5.91 Å². The molecule has 0 aliphatic carbocycles. The van der Waals surface area contributed by atoms with Crippen LogP contribution in [0.25, 0.3) is 11.3 Å². The molecule has 0 saturated heterocycles. The Morgan fingerprint density at radius 3 is 2.58 bits per heavy atom. The minimum absolute atomic E-state index is 0.174. The maximum Gasteiger partial charge on any atom is 0.255 e. The molecule has 122 valence electrons. The van der Waals surface area contributed by atoms with Gasteiger partial charge in [0.05, 0.1) is 12.7 Å². The molecule has 0 radical (unpaired) electrons. The summed E-state index contributed by atoms with van der Waals surface area (Å²) in [6.07, 6.45) is 0. The van der Waals surface area contributed by atoms with Crippen LogP contribution in [-0.4, -0.2) is 18.1 Å². The Morgan fingerprint density at radius 2 is 1.92 bits per heavy atom. The molecule has 0 unspecified atom stereocenters. The van der Waals surface area contributed by atoms with Gasteiger partial charge in [0.15, 0.2) is 0 Å². The molecule has 0 aliphatic rings. The fourth-order valence-electron chi connectivity index (χ4n) is 2.38. The lowest BCUT2D eigenvalue weighted by Gasteiger charge is -2.10. The van der Waals surface area contributed by atoms with E-state index in [-0.39, 0.29) is 12.5 Å². The molecule has 3 aromatic rings. The molecule has 5 heteroatoms. The molecule has 0 fully saturated rings. The van der Waals surface area contributed by atoms with E-state index in [9.17, 15) is 4.79 Å². The molecule has 1 aromatic heterocycles. The summed E-state index contributed by atoms with van der Waals surface area (Å²) in [5.74, 6) is 1.45. The molecule has 24 heavy (non-hydrogen) atoms. The zero-order valence-corrected chi connectivity index (χ0v) is 13.2. The number of aliphatic hydroxyl groups excluding tert-OH is 1. The highest BCUT2D eigenvalue weighted by atomic mass is 16.5. The number of aliphatic hydroxyl groups is 1. The maximum absolute atomic E-state index is 12.3. The van der Waals surface area contributed by atoms with Gasteiger partial charge in [-0.15, -0.1) is 0 Å². The number of furan rings is 1. The van der Waals surface area contributed by atoms with E-state index in [1.807, 2.05) is 18.2 Å². The zero-order valence-electron chi connectivity index (χ0n) is 13.2. The van der Waals surface area contributed by atoms with E-state index in [2.05, 4.69) is 5.32 Å². The Hall–Kier alpha value is -3.05. The Kier molecular flexibility index (Phi) is 4.63. The van der Waals surface area contributed by atoms with E-state index < -0.39 is 0 Å². The lowest BCUT2D eigenvalue weighted by Crippen LogP contribution is -2.11. The third-order valence-electron chi connectivity index (χ3n) is 3.58. The normalized spacial score (nSPS) is 10.4. The van der Waals surface area contributed by atoms with Gasteiger partial charge < -0.3 is 19.6 Å². The van der Waals surface area contributed by atoms with E-state index in [0.717, 1.165) is 0 Å². The van der Waals surface area contributed by atoms with Crippen LogP contribution in [0.2, 0.25) is 0 Å². The predicted octanol–water partition coefficient (Wildman–Crippen LogP) is 3.70. The Morgan fingerprint density at radius 1 is 1.12 bits per heavy atom. The summed E-state index contributed by atoms with van der Waals surface area (Å²) in [6, 6.07) is 17.7. The number of methoxy groups -OCH3 is 1. The number of ether oxygens (including phenoxy) is 1. The van der Waals surface area contributed by atoms with Crippen LogP contribution in [0.4, 0.5) is 5.69 Å². The molecular weight excluding hydrogens is 306 g/mol. The largest absolute Gasteiger partial charge is 0.496 e. The van der Waals surface area contributed by atoms with Crippen molar-refractivity contribution >= 4 is 11.6 Å². The molecule has 5 nitrogen and oxygen atoms in total. The number of amides is 1. The number of rotatable bonds is 5. The Bertz CT molecular complexity index is 840. The van der Waals surface area contributed by atoms with Crippen molar-refractivity contribution in [2.45, 2.75) is 6.61 Å². The third kappa shape index (κ3) is 3.31. The first-order valence-corrected chi connectivity index (χ1v) is 7.45. The summed E-state index contributed by atoms with van der Waals surface area (Å²) >= 11 is 0. The van der Waals surface area contributed by atoms with Gasteiger partial charge >= 0.3 is 0 Å². The molecule has 0 atom stereocenters. The minimum Gasteiger partial charge on any atom is -0.496 e. The van der Waals surface area contributed by atoms with Crippen molar-refractivity contribution in [1.82, 2.24) is 0 Å². The highest BCUT2D eigenvalue weighted by Gasteiger charge is 2.13. The van der Waals surface area contributed by atoms with Gasteiger partial charge in [-0.1, -0.05) is 18.2 Å². The van der Waals surface area contributed by atoms with Crippen LogP contribution < -0.4 is 10.1 Å². The monoisotopic (exact) mass is 323 g/mol. The van der Waals surface area contributed by atoms with Crippen molar-refractivity contribution in [3.05, 3.63) is 72.0 Å². The van der Waals surface area contributed by atoms with E-state index in [0.29, 0.717) is 34.1 Å². The van der Waals surface area contributed by atoms with Gasteiger partial charge in [0.1, 0.15) is 23.9 Å². The second-order valence-electron chi connectivity index (χ2n) is 5.16. The van der Waals surface area contributed by atoms with Gasteiger partial charge in [0.2, 0.25) is 0 Å². The lowest BCUT2D eigenvalue weighted by atomic mass is 10.1. The van der Waals surface area contributed by atoms with Crippen molar-refractivity contribution in [1.29, 1.82) is 0 Å². The van der Waals surface area contributed by atoms with Crippen molar-refractivity contribution in [2.75, 3.05) is 12.4 Å². The summed E-state index contributed by atoms with van der Waals surface area (Å²) in [5.41, 5.74) is 1.90. The molecule has 0 bridgehead atoms. The van der Waals surface area contributed by atoms with Gasteiger partial charge in [0, 0.05) is 11.3 Å². The van der Waals surface area contributed by atoms with Crippen molar-refractivity contribution < 1.29 is 19.1 Å². The molecule has 0 saturated carbocycles. The standard InChI is InChI=1S/C19H17NO4/c1-23-17-9-7-14(20-19(22)13-5-3-2-4-6-13)11-16(17)18-10-8-15(12-21)24-18/h2-11,21H,12H2,1H3,(H,20,22). The number of carbonyl (C=O) groups excluding carboxylic acids is 1. The summed E-state index contributed by atoms with van der Waals surface area (Å²) in [7, 11) is 1.57. The van der Waals surface area contributed by atoms with Gasteiger partial charge in [-0.25, -0.2) is 0 Å². The minimum atomic E-state index is -0.192. The summed E-state index contributed by atoms with van der Waals surface area (Å²) < 4.78 is 10.9.